The van der Waals surface area contributed by atoms with E-state index in [2.05, 4.69) is 0 Å². The third-order valence-corrected chi connectivity index (χ3v) is 2.68. The van der Waals surface area contributed by atoms with E-state index in [0.717, 1.165) is 5.56 Å². The van der Waals surface area contributed by atoms with E-state index in [1.807, 2.05) is 25.1 Å². The SMILES string of the molecule is CCC(CCC=Cc1cccc(F)c1)C(=O)O. The highest BCUT2D eigenvalue weighted by molar-refractivity contribution is 5.69. The van der Waals surface area contributed by atoms with Crippen LogP contribution in [0.3, 0.4) is 0 Å². The normalized spacial score (nSPS) is 12.8. The molecule has 1 atom stereocenters. The molecular formula is C14H17FO2. The number of carboxylic acid groups (broad SMARTS) is 1. The minimum absolute atomic E-state index is 0.260. The Morgan fingerprint density at radius 3 is 2.88 bits per heavy atom. The Kier molecular flexibility index (Phi) is 5.40. The lowest BCUT2D eigenvalue weighted by Crippen LogP contribution is -2.11. The van der Waals surface area contributed by atoms with Crippen molar-refractivity contribution in [1.29, 1.82) is 0 Å². The van der Waals surface area contributed by atoms with Gasteiger partial charge < -0.3 is 5.11 Å². The molecule has 0 fully saturated rings. The molecule has 0 spiro atoms. The summed E-state index contributed by atoms with van der Waals surface area (Å²) >= 11 is 0. The molecule has 0 aliphatic rings. The molecular weight excluding hydrogens is 219 g/mol. The van der Waals surface area contributed by atoms with Crippen molar-refractivity contribution in [3.8, 4) is 0 Å². The monoisotopic (exact) mass is 236 g/mol. The molecule has 1 rings (SSSR count). The fourth-order valence-electron chi connectivity index (χ4n) is 1.63. The van der Waals surface area contributed by atoms with Gasteiger partial charge in [-0.05, 0) is 37.0 Å². The smallest absolute Gasteiger partial charge is 0.306 e. The van der Waals surface area contributed by atoms with Gasteiger partial charge in [-0.15, -0.1) is 0 Å². The molecule has 3 heteroatoms. The molecule has 0 saturated carbocycles. The van der Waals surface area contributed by atoms with Crippen molar-refractivity contribution in [2.24, 2.45) is 5.92 Å². The fourth-order valence-corrected chi connectivity index (χ4v) is 1.63. The van der Waals surface area contributed by atoms with Gasteiger partial charge in [0.2, 0.25) is 0 Å². The van der Waals surface area contributed by atoms with Gasteiger partial charge in [0.25, 0.3) is 0 Å². The van der Waals surface area contributed by atoms with Crippen LogP contribution in [0.4, 0.5) is 4.39 Å². The molecule has 17 heavy (non-hydrogen) atoms. The lowest BCUT2D eigenvalue weighted by molar-refractivity contribution is -0.142. The lowest BCUT2D eigenvalue weighted by Gasteiger charge is -2.06. The maximum absolute atomic E-state index is 12.9. The molecule has 1 unspecified atom stereocenters. The van der Waals surface area contributed by atoms with Gasteiger partial charge in [0.15, 0.2) is 0 Å². The summed E-state index contributed by atoms with van der Waals surface area (Å²) in [6, 6.07) is 6.31. The van der Waals surface area contributed by atoms with Crippen molar-refractivity contribution in [2.45, 2.75) is 26.2 Å². The van der Waals surface area contributed by atoms with Crippen molar-refractivity contribution in [1.82, 2.24) is 0 Å². The van der Waals surface area contributed by atoms with E-state index in [9.17, 15) is 9.18 Å². The van der Waals surface area contributed by atoms with Gasteiger partial charge in [0, 0.05) is 0 Å². The molecule has 1 N–H and O–H groups in total. The predicted molar refractivity (Wildman–Crippen MR) is 66.1 cm³/mol. The highest BCUT2D eigenvalue weighted by Gasteiger charge is 2.12. The molecule has 0 bridgehead atoms. The Morgan fingerprint density at radius 2 is 2.29 bits per heavy atom. The van der Waals surface area contributed by atoms with Crippen LogP contribution in [0.15, 0.2) is 30.3 Å². The maximum atomic E-state index is 12.9. The molecule has 2 nitrogen and oxygen atoms in total. The second-order valence-electron chi connectivity index (χ2n) is 3.98. The molecule has 1 aromatic rings. The number of hydrogen-bond acceptors (Lipinski definition) is 1. The minimum Gasteiger partial charge on any atom is -0.481 e. The van der Waals surface area contributed by atoms with Gasteiger partial charge in [-0.3, -0.25) is 4.79 Å². The fraction of sp³-hybridized carbons (Fsp3) is 0.357. The largest absolute Gasteiger partial charge is 0.481 e. The van der Waals surface area contributed by atoms with Crippen LogP contribution < -0.4 is 0 Å². The van der Waals surface area contributed by atoms with Crippen LogP contribution in [-0.2, 0) is 4.79 Å². The first-order valence-electron chi connectivity index (χ1n) is 5.78. The minimum atomic E-state index is -0.744. The first-order chi connectivity index (χ1) is 8.13. The molecule has 0 radical (unpaired) electrons. The highest BCUT2D eigenvalue weighted by Crippen LogP contribution is 2.13. The van der Waals surface area contributed by atoms with E-state index in [4.69, 9.17) is 5.11 Å². The summed E-state index contributed by atoms with van der Waals surface area (Å²) in [5, 5.41) is 8.85. The van der Waals surface area contributed by atoms with Crippen LogP contribution in [0.25, 0.3) is 6.08 Å². The Labute approximate surface area is 101 Å². The maximum Gasteiger partial charge on any atom is 0.306 e. The molecule has 0 aliphatic heterocycles. The van der Waals surface area contributed by atoms with Crippen LogP contribution in [0.5, 0.6) is 0 Å². The van der Waals surface area contributed by atoms with E-state index in [1.165, 1.54) is 12.1 Å². The third kappa shape index (κ3) is 4.81. The molecule has 92 valence electrons. The Bertz CT molecular complexity index is 399. The second-order valence-corrected chi connectivity index (χ2v) is 3.98. The van der Waals surface area contributed by atoms with Gasteiger partial charge in [-0.1, -0.05) is 31.2 Å². The van der Waals surface area contributed by atoms with Crippen molar-refractivity contribution in [3.05, 3.63) is 41.7 Å². The van der Waals surface area contributed by atoms with Gasteiger partial charge in [0.1, 0.15) is 5.82 Å². The van der Waals surface area contributed by atoms with Crippen molar-refractivity contribution >= 4 is 12.0 Å². The zero-order chi connectivity index (χ0) is 12.7. The lowest BCUT2D eigenvalue weighted by atomic mass is 10.0. The van der Waals surface area contributed by atoms with Crippen LogP contribution in [0.2, 0.25) is 0 Å². The van der Waals surface area contributed by atoms with Crippen molar-refractivity contribution in [2.75, 3.05) is 0 Å². The number of benzene rings is 1. The molecule has 0 amide bonds. The average Bonchev–Trinajstić information content (AvgIpc) is 2.28. The number of carboxylic acids is 1. The van der Waals surface area contributed by atoms with Crippen LogP contribution in [0.1, 0.15) is 31.7 Å². The highest BCUT2D eigenvalue weighted by atomic mass is 19.1. The van der Waals surface area contributed by atoms with Crippen LogP contribution >= 0.6 is 0 Å². The number of hydrogen-bond donors (Lipinski definition) is 1. The van der Waals surface area contributed by atoms with E-state index in [0.29, 0.717) is 19.3 Å². The number of halogens is 1. The summed E-state index contributed by atoms with van der Waals surface area (Å²) in [4.78, 5) is 10.8. The number of carbonyl (C=O) groups is 1. The van der Waals surface area contributed by atoms with E-state index in [1.54, 1.807) is 6.07 Å². The number of aliphatic carboxylic acids is 1. The van der Waals surface area contributed by atoms with Gasteiger partial charge >= 0.3 is 5.97 Å². The topological polar surface area (TPSA) is 37.3 Å². The summed E-state index contributed by atoms with van der Waals surface area (Å²) in [6.45, 7) is 1.87. The van der Waals surface area contributed by atoms with Crippen LogP contribution in [0, 0.1) is 11.7 Å². The van der Waals surface area contributed by atoms with Crippen molar-refractivity contribution < 1.29 is 14.3 Å². The molecule has 0 heterocycles. The van der Waals surface area contributed by atoms with E-state index >= 15 is 0 Å². The Balaban J connectivity index is 2.43. The zero-order valence-electron chi connectivity index (χ0n) is 9.90. The van der Waals surface area contributed by atoms with Gasteiger partial charge in [-0.25, -0.2) is 4.39 Å². The second kappa shape index (κ2) is 6.84. The first kappa shape index (κ1) is 13.4. The summed E-state index contributed by atoms with van der Waals surface area (Å²) in [5.74, 6) is -1.29. The summed E-state index contributed by atoms with van der Waals surface area (Å²) in [7, 11) is 0. The number of allylic oxidation sites excluding steroid dienone is 1. The average molecular weight is 236 g/mol. The molecule has 0 aliphatic carbocycles. The zero-order valence-corrected chi connectivity index (χ0v) is 9.90. The summed E-state index contributed by atoms with van der Waals surface area (Å²) in [5.41, 5.74) is 0.799. The van der Waals surface area contributed by atoms with Crippen molar-refractivity contribution in [3.63, 3.8) is 0 Å². The third-order valence-electron chi connectivity index (χ3n) is 2.68. The van der Waals surface area contributed by atoms with Gasteiger partial charge in [0.05, 0.1) is 5.92 Å². The quantitative estimate of drug-likeness (QED) is 0.817. The van der Waals surface area contributed by atoms with Crippen LogP contribution in [-0.4, -0.2) is 11.1 Å². The molecule has 0 aromatic heterocycles. The van der Waals surface area contributed by atoms with Gasteiger partial charge in [-0.2, -0.15) is 0 Å². The molecule has 0 saturated heterocycles. The Hall–Kier alpha value is -1.64. The standard InChI is InChI=1S/C14H17FO2/c1-2-12(14(16)17)8-4-3-6-11-7-5-9-13(15)10-11/h3,5-7,9-10,12H,2,4,8H2,1H3,(H,16,17). The molecule has 1 aromatic carbocycles. The van der Waals surface area contributed by atoms with E-state index < -0.39 is 5.97 Å². The predicted octanol–water partition coefficient (Wildman–Crippen LogP) is 3.73. The first-order valence-corrected chi connectivity index (χ1v) is 5.78. The Morgan fingerprint density at radius 1 is 1.53 bits per heavy atom. The number of rotatable bonds is 6. The summed E-state index contributed by atoms with van der Waals surface area (Å²) < 4.78 is 12.9. The van der Waals surface area contributed by atoms with E-state index in [-0.39, 0.29) is 11.7 Å². The summed E-state index contributed by atoms with van der Waals surface area (Å²) in [6.07, 6.45) is 5.67.